The van der Waals surface area contributed by atoms with Gasteiger partial charge in [-0.15, -0.1) is 4.40 Å². The second kappa shape index (κ2) is 15.3. The Balaban J connectivity index is 1.30. The second-order valence-electron chi connectivity index (χ2n) is 15.7. The molecule has 5 atom stereocenters. The van der Waals surface area contributed by atoms with Gasteiger partial charge in [-0.3, -0.25) is 18.8 Å². The molecular formula is C38H33ClF9N9O5S. The molecule has 2 fully saturated rings. The SMILES string of the molecule is CN1NC(=NS(C)(=O)=O)C2(C)C(Cl)=CC=C(n3c([C@H](Cc4cc(F)cc(F)c4)NC(=O)Cn4nc(C(F)F)c5c4C(F)(F)[C@@H]4C[C@H]54)nc4nc(OCCC(F)(F)F)ccc4c3=O)C12. The van der Waals surface area contributed by atoms with Crippen LogP contribution in [0.15, 0.2) is 56.7 Å². The normalized spacial score (nSPS) is 23.8. The molecule has 63 heavy (non-hydrogen) atoms. The molecule has 14 nitrogen and oxygen atoms in total. The van der Waals surface area contributed by atoms with Crippen LogP contribution >= 0.6 is 11.6 Å². The number of hydrazine groups is 1. The first-order chi connectivity index (χ1) is 29.4. The summed E-state index contributed by atoms with van der Waals surface area (Å²) in [5.41, 5.74) is -2.37. The van der Waals surface area contributed by atoms with E-state index in [1.165, 1.54) is 31.1 Å². The van der Waals surface area contributed by atoms with Crippen molar-refractivity contribution in [3.05, 3.63) is 97.8 Å². The molecule has 2 unspecified atom stereocenters. The maximum atomic E-state index is 15.5. The van der Waals surface area contributed by atoms with E-state index in [4.69, 9.17) is 16.3 Å². The largest absolute Gasteiger partial charge is 0.477 e. The lowest BCUT2D eigenvalue weighted by atomic mass is 9.77. The Morgan fingerprint density at radius 2 is 1.83 bits per heavy atom. The maximum Gasteiger partial charge on any atom is 0.392 e. The van der Waals surface area contributed by atoms with Gasteiger partial charge < -0.3 is 15.5 Å². The monoisotopic (exact) mass is 933 g/mol. The number of nitrogens with one attached hydrogen (secondary N) is 2. The van der Waals surface area contributed by atoms with E-state index in [2.05, 4.69) is 30.2 Å². The van der Waals surface area contributed by atoms with Crippen molar-refractivity contribution in [2.24, 2.45) is 15.7 Å². The molecule has 25 heteroatoms. The number of likely N-dealkylation sites (N-methyl/N-ethyl adjacent to an activating group) is 1. The molecule has 1 aromatic carbocycles. The topological polar surface area (TPSA) is 166 Å². The van der Waals surface area contributed by atoms with Gasteiger partial charge in [0.1, 0.15) is 41.2 Å². The predicted molar refractivity (Wildman–Crippen MR) is 206 cm³/mol. The highest BCUT2D eigenvalue weighted by molar-refractivity contribution is 7.89. The molecule has 336 valence electrons. The average molecular weight is 934 g/mol. The van der Waals surface area contributed by atoms with Crippen LogP contribution in [0.1, 0.15) is 66.5 Å². The number of amidine groups is 1. The number of hydrogen-bond acceptors (Lipinski definition) is 9. The van der Waals surface area contributed by atoms with Crippen molar-refractivity contribution in [2.45, 2.75) is 69.3 Å². The summed E-state index contributed by atoms with van der Waals surface area (Å²) in [6, 6.07) is 1.78. The van der Waals surface area contributed by atoms with Gasteiger partial charge in [-0.2, -0.15) is 32.0 Å². The van der Waals surface area contributed by atoms with Gasteiger partial charge in [-0.1, -0.05) is 11.6 Å². The van der Waals surface area contributed by atoms with Crippen molar-refractivity contribution in [2.75, 3.05) is 19.9 Å². The molecule has 1 amide bonds. The number of pyridine rings is 1. The number of halogens is 10. The predicted octanol–water partition coefficient (Wildman–Crippen LogP) is 6.00. The molecule has 2 N–H and O–H groups in total. The van der Waals surface area contributed by atoms with Gasteiger partial charge in [-0.25, -0.2) is 36.0 Å². The standard InChI is InChI=1S/C38H33ClF9N9O5S/c1-36-24(39)6-5-23(29(36)55(2)53-35(36)54-63(3,60)61)57-33(51-32-19(34(57)59)4-7-26(50-32)62-9-8-37(44,45)46)22(12-16-10-17(40)13-18(41)11-16)49-25(58)15-56-30-27(28(52-56)31(42)43)20-14-21(20)38(30,47)48/h4-7,10-11,13,20-22,29,31H,8-9,12,14-15H2,1-3H3,(H,49,58)(H,53,54)/t20-,21+,22-,29?,36?/m0/s1. The first-order valence-corrected chi connectivity index (χ1v) is 21.1. The summed E-state index contributed by atoms with van der Waals surface area (Å²) in [6.07, 6.45) is -6.35. The van der Waals surface area contributed by atoms with Crippen molar-refractivity contribution in [1.29, 1.82) is 0 Å². The number of aromatic nitrogens is 5. The van der Waals surface area contributed by atoms with Crippen LogP contribution in [0.3, 0.4) is 0 Å². The van der Waals surface area contributed by atoms with Gasteiger partial charge in [0.25, 0.3) is 27.9 Å². The number of sulfonamides is 1. The van der Waals surface area contributed by atoms with Crippen molar-refractivity contribution in [3.8, 4) is 5.88 Å². The van der Waals surface area contributed by atoms with Gasteiger partial charge in [0.05, 0.1) is 42.2 Å². The van der Waals surface area contributed by atoms with E-state index >= 15 is 8.78 Å². The number of nitrogens with zero attached hydrogens (tertiary/aromatic N) is 7. The highest BCUT2D eigenvalue weighted by atomic mass is 35.5. The van der Waals surface area contributed by atoms with Gasteiger partial charge >= 0.3 is 6.18 Å². The van der Waals surface area contributed by atoms with Gasteiger partial charge in [0.15, 0.2) is 5.65 Å². The van der Waals surface area contributed by atoms with Crippen LogP contribution < -0.4 is 21.0 Å². The van der Waals surface area contributed by atoms with Crippen LogP contribution in [0.2, 0.25) is 0 Å². The van der Waals surface area contributed by atoms with Gasteiger partial charge in [0, 0.05) is 47.8 Å². The quantitative estimate of drug-likeness (QED) is 0.161. The Morgan fingerprint density at radius 1 is 1.13 bits per heavy atom. The fourth-order valence-corrected chi connectivity index (χ4v) is 9.35. The molecule has 4 heterocycles. The molecular weight excluding hydrogens is 901 g/mol. The molecule has 3 aliphatic carbocycles. The Hall–Kier alpha value is -5.49. The van der Waals surface area contributed by atoms with Crippen LogP contribution in [0.5, 0.6) is 5.88 Å². The summed E-state index contributed by atoms with van der Waals surface area (Å²) >= 11 is 6.74. The first-order valence-electron chi connectivity index (χ1n) is 18.9. The molecule has 0 bridgehead atoms. The Morgan fingerprint density at radius 3 is 2.48 bits per heavy atom. The Labute approximate surface area is 355 Å². The lowest BCUT2D eigenvalue weighted by Crippen LogP contribution is -2.46. The number of carbonyl (C=O) groups is 1. The van der Waals surface area contributed by atoms with Crippen molar-refractivity contribution >= 4 is 50.1 Å². The van der Waals surface area contributed by atoms with Crippen molar-refractivity contribution < 1.29 is 57.5 Å². The molecule has 4 aromatic rings. The molecule has 4 aliphatic rings. The maximum absolute atomic E-state index is 15.5. The number of amides is 1. The zero-order chi connectivity index (χ0) is 45.7. The van der Waals surface area contributed by atoms with E-state index in [1.54, 1.807) is 0 Å². The minimum Gasteiger partial charge on any atom is -0.477 e. The molecule has 1 saturated heterocycles. The average Bonchev–Trinajstić information content (AvgIpc) is 3.74. The van der Waals surface area contributed by atoms with Crippen LogP contribution in [0, 0.1) is 23.0 Å². The number of ether oxygens (including phenoxy) is 1. The van der Waals surface area contributed by atoms with Crippen molar-refractivity contribution in [1.82, 2.24) is 40.1 Å². The fourth-order valence-electron chi connectivity index (χ4n) is 8.53. The summed E-state index contributed by atoms with van der Waals surface area (Å²) in [5.74, 6) is -10.1. The minimum absolute atomic E-state index is 0.00878. The minimum atomic E-state index is -4.60. The lowest BCUT2D eigenvalue weighted by molar-refractivity contribution is -0.139. The molecule has 3 aromatic heterocycles. The van der Waals surface area contributed by atoms with Gasteiger partial charge in [-0.05, 0) is 55.2 Å². The second-order valence-corrected chi connectivity index (χ2v) is 17.8. The lowest BCUT2D eigenvalue weighted by Gasteiger charge is -2.37. The van der Waals surface area contributed by atoms with Crippen molar-refractivity contribution in [3.63, 3.8) is 0 Å². The highest BCUT2D eigenvalue weighted by Crippen LogP contribution is 2.68. The van der Waals surface area contributed by atoms with E-state index < -0.39 is 136 Å². The van der Waals surface area contributed by atoms with Crippen LogP contribution in [0.25, 0.3) is 16.7 Å². The van der Waals surface area contributed by atoms with Crippen LogP contribution in [0.4, 0.5) is 39.5 Å². The van der Waals surface area contributed by atoms with Gasteiger partial charge in [0.2, 0.25) is 11.8 Å². The number of carbonyl (C=O) groups excluding carboxylic acids is 1. The summed E-state index contributed by atoms with van der Waals surface area (Å²) in [6.45, 7) is -0.442. The van der Waals surface area contributed by atoms with Crippen LogP contribution in [-0.4, -0.2) is 81.6 Å². The summed E-state index contributed by atoms with van der Waals surface area (Å²) < 4.78 is 163. The molecule has 1 saturated carbocycles. The zero-order valence-electron chi connectivity index (χ0n) is 32.8. The Kier molecular flexibility index (Phi) is 10.8. The number of rotatable bonds is 12. The molecule has 1 aliphatic heterocycles. The number of hydrogen-bond donors (Lipinski definition) is 2. The molecule has 0 spiro atoms. The highest BCUT2D eigenvalue weighted by Gasteiger charge is 2.67. The molecule has 0 radical (unpaired) electrons. The number of alkyl halides is 7. The number of allylic oxidation sites excluding steroid dienone is 2. The van der Waals surface area contributed by atoms with Crippen LogP contribution in [-0.2, 0) is 33.7 Å². The van der Waals surface area contributed by atoms with E-state index in [0.717, 1.165) is 35.1 Å². The summed E-state index contributed by atoms with van der Waals surface area (Å²) in [4.78, 5) is 37.6. The molecule has 8 rings (SSSR count). The third-order valence-electron chi connectivity index (χ3n) is 11.2. The third kappa shape index (κ3) is 8.04. The summed E-state index contributed by atoms with van der Waals surface area (Å²) in [7, 11) is -2.61. The smallest absolute Gasteiger partial charge is 0.392 e. The fraction of sp³-hybridized carbons (Fsp3) is 0.421. The number of benzene rings is 1. The van der Waals surface area contributed by atoms with E-state index in [9.17, 15) is 48.7 Å². The summed E-state index contributed by atoms with van der Waals surface area (Å²) in [5, 5.41) is 7.37. The zero-order valence-corrected chi connectivity index (χ0v) is 34.4. The van der Waals surface area contributed by atoms with E-state index in [0.29, 0.717) is 10.7 Å². The first kappa shape index (κ1) is 44.1. The third-order valence-corrected chi connectivity index (χ3v) is 12.3. The number of fused-ring (bicyclic) bond motifs is 5. The van der Waals surface area contributed by atoms with E-state index in [1.807, 2.05) is 0 Å². The Bertz CT molecular complexity index is 2830. The van der Waals surface area contributed by atoms with E-state index in [-0.39, 0.29) is 39.5 Å².